The number of aliphatic hydroxyl groups is 1. The zero-order valence-corrected chi connectivity index (χ0v) is 7.66. The Hall–Kier alpha value is -0.410. The van der Waals surface area contributed by atoms with Crippen molar-refractivity contribution >= 4 is 6.29 Å². The first-order valence-electron chi connectivity index (χ1n) is 4.52. The van der Waals surface area contributed by atoms with Gasteiger partial charge in [-0.3, -0.25) is 0 Å². The van der Waals surface area contributed by atoms with Crippen molar-refractivity contribution in [3.05, 3.63) is 0 Å². The summed E-state index contributed by atoms with van der Waals surface area (Å²) in [6.45, 7) is 4.85. The largest absolute Gasteiger partial charge is 0.391 e. The fourth-order valence-electron chi connectivity index (χ4n) is 1.66. The summed E-state index contributed by atoms with van der Waals surface area (Å²) in [5, 5.41) is 12.9. The Bertz CT molecular complexity index is 161. The lowest BCUT2D eigenvalue weighted by molar-refractivity contribution is -0.114. The Morgan fingerprint density at radius 3 is 2.75 bits per heavy atom. The minimum absolute atomic E-state index is 0.111. The second-order valence-electron chi connectivity index (χ2n) is 3.84. The van der Waals surface area contributed by atoms with Gasteiger partial charge in [0.2, 0.25) is 0 Å². The molecule has 0 amide bonds. The molecule has 3 nitrogen and oxygen atoms in total. The Labute approximate surface area is 73.2 Å². The molecular weight excluding hydrogens is 154 g/mol. The second kappa shape index (κ2) is 4.01. The molecule has 2 N–H and O–H groups in total. The van der Waals surface area contributed by atoms with E-state index in [1.807, 2.05) is 0 Å². The van der Waals surface area contributed by atoms with Crippen molar-refractivity contribution in [3.8, 4) is 0 Å². The van der Waals surface area contributed by atoms with Crippen LogP contribution in [0, 0.1) is 11.8 Å². The molecule has 70 valence electrons. The van der Waals surface area contributed by atoms with E-state index in [-0.39, 0.29) is 12.0 Å². The SMILES string of the molecule is CC1CNC(C(O)C(C)C=O)C1. The molecular formula is C9H17NO2. The zero-order chi connectivity index (χ0) is 9.14. The topological polar surface area (TPSA) is 49.3 Å². The highest BCUT2D eigenvalue weighted by Gasteiger charge is 2.29. The number of rotatable bonds is 3. The number of nitrogens with one attached hydrogen (secondary N) is 1. The van der Waals surface area contributed by atoms with Crippen molar-refractivity contribution in [2.45, 2.75) is 32.4 Å². The molecule has 1 saturated heterocycles. The molecule has 0 aromatic rings. The number of carbonyl (C=O) groups excluding carboxylic acids is 1. The molecule has 1 rings (SSSR count). The number of carbonyl (C=O) groups is 1. The molecule has 0 saturated carbocycles. The van der Waals surface area contributed by atoms with E-state index in [9.17, 15) is 9.90 Å². The van der Waals surface area contributed by atoms with Gasteiger partial charge in [-0.25, -0.2) is 0 Å². The maximum atomic E-state index is 10.4. The normalized spacial score (nSPS) is 34.6. The van der Waals surface area contributed by atoms with Crippen LogP contribution in [0.15, 0.2) is 0 Å². The van der Waals surface area contributed by atoms with Crippen molar-refractivity contribution in [3.63, 3.8) is 0 Å². The van der Waals surface area contributed by atoms with E-state index in [1.54, 1.807) is 6.92 Å². The van der Waals surface area contributed by atoms with Gasteiger partial charge in [-0.1, -0.05) is 13.8 Å². The lowest BCUT2D eigenvalue weighted by Crippen LogP contribution is -2.39. The van der Waals surface area contributed by atoms with Gasteiger partial charge in [0.1, 0.15) is 6.29 Å². The molecule has 0 bridgehead atoms. The lowest BCUT2D eigenvalue weighted by Gasteiger charge is -2.20. The van der Waals surface area contributed by atoms with Crippen molar-refractivity contribution in [1.29, 1.82) is 0 Å². The Balaban J connectivity index is 2.42. The molecule has 4 unspecified atom stereocenters. The molecule has 0 spiro atoms. The zero-order valence-electron chi connectivity index (χ0n) is 7.66. The highest BCUT2D eigenvalue weighted by molar-refractivity contribution is 5.53. The van der Waals surface area contributed by atoms with Crippen molar-refractivity contribution < 1.29 is 9.90 Å². The molecule has 1 heterocycles. The summed E-state index contributed by atoms with van der Waals surface area (Å²) in [5.74, 6) is 0.358. The van der Waals surface area contributed by atoms with Gasteiger partial charge in [-0.05, 0) is 18.9 Å². The molecule has 4 atom stereocenters. The van der Waals surface area contributed by atoms with Gasteiger partial charge in [0, 0.05) is 12.0 Å². The number of hydrogen-bond acceptors (Lipinski definition) is 3. The summed E-state index contributed by atoms with van der Waals surface area (Å²) >= 11 is 0. The summed E-state index contributed by atoms with van der Waals surface area (Å²) in [7, 11) is 0. The smallest absolute Gasteiger partial charge is 0.125 e. The van der Waals surface area contributed by atoms with Crippen LogP contribution in [-0.2, 0) is 4.79 Å². The molecule has 0 aliphatic carbocycles. The molecule has 0 aromatic heterocycles. The van der Waals surface area contributed by atoms with E-state index in [2.05, 4.69) is 12.2 Å². The second-order valence-corrected chi connectivity index (χ2v) is 3.84. The lowest BCUT2D eigenvalue weighted by atomic mass is 9.96. The molecule has 0 aromatic carbocycles. The number of aldehydes is 1. The third-order valence-electron chi connectivity index (χ3n) is 2.55. The van der Waals surface area contributed by atoms with Crippen LogP contribution in [0.3, 0.4) is 0 Å². The Morgan fingerprint density at radius 2 is 2.33 bits per heavy atom. The van der Waals surface area contributed by atoms with Gasteiger partial charge in [-0.15, -0.1) is 0 Å². The van der Waals surface area contributed by atoms with E-state index in [0.29, 0.717) is 5.92 Å². The van der Waals surface area contributed by atoms with Crippen molar-refractivity contribution in [1.82, 2.24) is 5.32 Å². The van der Waals surface area contributed by atoms with Crippen LogP contribution in [0.2, 0.25) is 0 Å². The number of hydrogen-bond donors (Lipinski definition) is 2. The average Bonchev–Trinajstić information content (AvgIpc) is 2.49. The Morgan fingerprint density at radius 1 is 1.67 bits per heavy atom. The number of aliphatic hydroxyl groups excluding tert-OH is 1. The van der Waals surface area contributed by atoms with Gasteiger partial charge in [0.15, 0.2) is 0 Å². The highest BCUT2D eigenvalue weighted by atomic mass is 16.3. The van der Waals surface area contributed by atoms with Crippen LogP contribution in [0.5, 0.6) is 0 Å². The highest BCUT2D eigenvalue weighted by Crippen LogP contribution is 2.18. The summed E-state index contributed by atoms with van der Waals surface area (Å²) < 4.78 is 0. The summed E-state index contributed by atoms with van der Waals surface area (Å²) in [6, 6.07) is 0.111. The minimum Gasteiger partial charge on any atom is -0.391 e. The van der Waals surface area contributed by atoms with Crippen LogP contribution in [-0.4, -0.2) is 30.1 Å². The first-order valence-corrected chi connectivity index (χ1v) is 4.52. The molecule has 1 aliphatic heterocycles. The molecule has 0 radical (unpaired) electrons. The standard InChI is InChI=1S/C9H17NO2/c1-6-3-8(10-4-6)9(12)7(2)5-11/h5-10,12H,3-4H2,1-2H3. The van der Waals surface area contributed by atoms with Crippen LogP contribution in [0.25, 0.3) is 0 Å². The molecule has 12 heavy (non-hydrogen) atoms. The maximum Gasteiger partial charge on any atom is 0.125 e. The Kier molecular flexibility index (Phi) is 3.23. The average molecular weight is 171 g/mol. The van der Waals surface area contributed by atoms with Gasteiger partial charge >= 0.3 is 0 Å². The van der Waals surface area contributed by atoms with Gasteiger partial charge in [0.05, 0.1) is 6.10 Å². The van der Waals surface area contributed by atoms with Crippen molar-refractivity contribution in [2.24, 2.45) is 11.8 Å². The van der Waals surface area contributed by atoms with E-state index < -0.39 is 6.10 Å². The first-order chi connectivity index (χ1) is 5.65. The first kappa shape index (κ1) is 9.68. The maximum absolute atomic E-state index is 10.4. The van der Waals surface area contributed by atoms with E-state index in [0.717, 1.165) is 19.3 Å². The van der Waals surface area contributed by atoms with Crippen LogP contribution in [0.4, 0.5) is 0 Å². The monoisotopic (exact) mass is 171 g/mol. The minimum atomic E-state index is -0.521. The van der Waals surface area contributed by atoms with E-state index >= 15 is 0 Å². The van der Waals surface area contributed by atoms with Crippen LogP contribution < -0.4 is 5.32 Å². The van der Waals surface area contributed by atoms with Crippen LogP contribution >= 0.6 is 0 Å². The third kappa shape index (κ3) is 2.05. The van der Waals surface area contributed by atoms with Gasteiger partial charge < -0.3 is 15.2 Å². The molecule has 1 aliphatic rings. The summed E-state index contributed by atoms with van der Waals surface area (Å²) in [5.41, 5.74) is 0. The van der Waals surface area contributed by atoms with Gasteiger partial charge in [-0.2, -0.15) is 0 Å². The predicted molar refractivity (Wildman–Crippen MR) is 46.8 cm³/mol. The summed E-state index contributed by atoms with van der Waals surface area (Å²) in [4.78, 5) is 10.4. The van der Waals surface area contributed by atoms with E-state index in [4.69, 9.17) is 0 Å². The summed E-state index contributed by atoms with van der Waals surface area (Å²) in [6.07, 6.45) is 1.27. The fraction of sp³-hybridized carbons (Fsp3) is 0.889. The molecule has 3 heteroatoms. The predicted octanol–water partition coefficient (Wildman–Crippen LogP) is 0.180. The van der Waals surface area contributed by atoms with Gasteiger partial charge in [0.25, 0.3) is 0 Å². The third-order valence-corrected chi connectivity index (χ3v) is 2.55. The van der Waals surface area contributed by atoms with Crippen LogP contribution in [0.1, 0.15) is 20.3 Å². The molecule has 1 fully saturated rings. The quantitative estimate of drug-likeness (QED) is 0.596. The van der Waals surface area contributed by atoms with Crippen molar-refractivity contribution in [2.75, 3.05) is 6.54 Å². The fourth-order valence-corrected chi connectivity index (χ4v) is 1.66. The van der Waals surface area contributed by atoms with E-state index in [1.165, 1.54) is 0 Å².